The zero-order valence-electron chi connectivity index (χ0n) is 19.4. The number of fused-ring (bicyclic) bond motifs is 2. The standard InChI is InChI=1S/C24H25N7O4/c1-13-7-20(25)27-14(2)17(13)9-26-22(32)19-12-31-11-16-4-3-15(10-30-5-6-35-24(30)34)8-18(16)29-23(33)21(31)28-19/h3-4,7-8,12H,5-6,9-11H2,1-2H3,(H2,25,27)(H,26,32)(H,29,33). The number of anilines is 2. The van der Waals surface area contributed by atoms with E-state index >= 15 is 0 Å². The van der Waals surface area contributed by atoms with Crippen LogP contribution in [0.15, 0.2) is 30.5 Å². The van der Waals surface area contributed by atoms with Gasteiger partial charge in [0.25, 0.3) is 11.8 Å². The van der Waals surface area contributed by atoms with Crippen LogP contribution in [0.3, 0.4) is 0 Å². The van der Waals surface area contributed by atoms with E-state index < -0.39 is 5.91 Å². The number of carbonyl (C=O) groups excluding carboxylic acids is 3. The predicted octanol–water partition coefficient (Wildman–Crippen LogP) is 1.97. The average Bonchev–Trinajstić information content (AvgIpc) is 3.38. The van der Waals surface area contributed by atoms with Crippen LogP contribution < -0.4 is 16.4 Å². The van der Waals surface area contributed by atoms with E-state index in [2.05, 4.69) is 20.6 Å². The Bertz CT molecular complexity index is 1340. The minimum absolute atomic E-state index is 0.150. The Morgan fingerprint density at radius 3 is 2.80 bits per heavy atom. The van der Waals surface area contributed by atoms with Gasteiger partial charge in [-0.3, -0.25) is 9.59 Å². The van der Waals surface area contributed by atoms with Crippen molar-refractivity contribution in [3.63, 3.8) is 0 Å². The number of nitrogens with one attached hydrogen (secondary N) is 2. The van der Waals surface area contributed by atoms with Gasteiger partial charge < -0.3 is 30.6 Å². The first-order valence-corrected chi connectivity index (χ1v) is 11.2. The summed E-state index contributed by atoms with van der Waals surface area (Å²) in [6, 6.07) is 7.43. The predicted molar refractivity (Wildman–Crippen MR) is 127 cm³/mol. The number of rotatable bonds is 5. The van der Waals surface area contributed by atoms with Crippen LogP contribution in [0.5, 0.6) is 0 Å². The first-order valence-electron chi connectivity index (χ1n) is 11.2. The molecule has 2 aromatic heterocycles. The van der Waals surface area contributed by atoms with E-state index in [1.807, 2.05) is 32.0 Å². The number of cyclic esters (lactones) is 1. The molecule has 0 radical (unpaired) electrons. The van der Waals surface area contributed by atoms with Crippen LogP contribution in [0.1, 0.15) is 49.1 Å². The average molecular weight is 476 g/mol. The van der Waals surface area contributed by atoms with Gasteiger partial charge in [0, 0.05) is 30.7 Å². The number of pyridine rings is 1. The summed E-state index contributed by atoms with van der Waals surface area (Å²) in [5.41, 5.74) is 10.9. The number of hydrogen-bond acceptors (Lipinski definition) is 7. The van der Waals surface area contributed by atoms with Crippen molar-refractivity contribution >= 4 is 29.4 Å². The fourth-order valence-electron chi connectivity index (χ4n) is 4.37. The summed E-state index contributed by atoms with van der Waals surface area (Å²) in [6.45, 7) is 5.72. The summed E-state index contributed by atoms with van der Waals surface area (Å²) in [7, 11) is 0. The molecule has 2 aliphatic rings. The van der Waals surface area contributed by atoms with Crippen molar-refractivity contribution < 1.29 is 19.1 Å². The second-order valence-electron chi connectivity index (χ2n) is 8.67. The lowest BCUT2D eigenvalue weighted by Gasteiger charge is -2.14. The summed E-state index contributed by atoms with van der Waals surface area (Å²) < 4.78 is 6.63. The molecule has 1 fully saturated rings. The third kappa shape index (κ3) is 4.39. The minimum Gasteiger partial charge on any atom is -0.448 e. The molecular formula is C24H25N7O4. The Hall–Kier alpha value is -4.41. The highest BCUT2D eigenvalue weighted by Gasteiger charge is 2.26. The molecule has 11 nitrogen and oxygen atoms in total. The van der Waals surface area contributed by atoms with E-state index in [9.17, 15) is 14.4 Å². The normalized spacial score (nSPS) is 14.6. The molecule has 3 aromatic rings. The van der Waals surface area contributed by atoms with Crippen LogP contribution in [-0.2, 0) is 24.4 Å². The molecular weight excluding hydrogens is 450 g/mol. The van der Waals surface area contributed by atoms with E-state index in [1.54, 1.807) is 21.7 Å². The number of benzene rings is 1. The van der Waals surface area contributed by atoms with Crippen LogP contribution in [-0.4, -0.2) is 50.5 Å². The van der Waals surface area contributed by atoms with Gasteiger partial charge in [-0.15, -0.1) is 0 Å². The van der Waals surface area contributed by atoms with Crippen molar-refractivity contribution in [1.29, 1.82) is 0 Å². The Morgan fingerprint density at radius 2 is 2.06 bits per heavy atom. The van der Waals surface area contributed by atoms with Gasteiger partial charge in [0.05, 0.1) is 13.1 Å². The number of ether oxygens (including phenoxy) is 1. The van der Waals surface area contributed by atoms with Gasteiger partial charge in [-0.2, -0.15) is 0 Å². The fourth-order valence-corrected chi connectivity index (χ4v) is 4.37. The molecule has 180 valence electrons. The number of nitrogen functional groups attached to an aromatic ring is 1. The van der Waals surface area contributed by atoms with Gasteiger partial charge in [0.15, 0.2) is 5.82 Å². The van der Waals surface area contributed by atoms with E-state index in [0.717, 1.165) is 27.9 Å². The number of nitrogens with two attached hydrogens (primary N) is 1. The number of amides is 3. The van der Waals surface area contributed by atoms with E-state index in [-0.39, 0.29) is 30.1 Å². The maximum Gasteiger partial charge on any atom is 0.410 e. The number of carbonyl (C=O) groups is 3. The van der Waals surface area contributed by atoms with Gasteiger partial charge in [-0.1, -0.05) is 12.1 Å². The summed E-state index contributed by atoms with van der Waals surface area (Å²) in [6.07, 6.45) is 1.24. The highest BCUT2D eigenvalue weighted by atomic mass is 16.6. The maximum atomic E-state index is 12.9. The molecule has 2 aliphatic heterocycles. The Labute approximate surface area is 201 Å². The maximum absolute atomic E-state index is 12.9. The molecule has 1 saturated heterocycles. The summed E-state index contributed by atoms with van der Waals surface area (Å²) >= 11 is 0. The number of nitrogens with zero attached hydrogens (tertiary/aromatic N) is 4. The van der Waals surface area contributed by atoms with Crippen molar-refractivity contribution in [2.45, 2.75) is 33.5 Å². The molecule has 4 N–H and O–H groups in total. The molecule has 0 bridgehead atoms. The van der Waals surface area contributed by atoms with Gasteiger partial charge in [0.1, 0.15) is 18.1 Å². The van der Waals surface area contributed by atoms with Crippen LogP contribution in [0.2, 0.25) is 0 Å². The first-order chi connectivity index (χ1) is 16.8. The third-order valence-electron chi connectivity index (χ3n) is 6.19. The molecule has 0 aliphatic carbocycles. The van der Waals surface area contributed by atoms with Crippen LogP contribution in [0.4, 0.5) is 16.3 Å². The Morgan fingerprint density at radius 1 is 1.23 bits per heavy atom. The molecule has 35 heavy (non-hydrogen) atoms. The van der Waals surface area contributed by atoms with Crippen molar-refractivity contribution in [2.75, 3.05) is 24.2 Å². The van der Waals surface area contributed by atoms with Crippen molar-refractivity contribution in [3.8, 4) is 0 Å². The smallest absolute Gasteiger partial charge is 0.410 e. The molecule has 0 atom stereocenters. The van der Waals surface area contributed by atoms with Crippen molar-refractivity contribution in [3.05, 3.63) is 69.9 Å². The lowest BCUT2D eigenvalue weighted by Crippen LogP contribution is -2.24. The topological polar surface area (TPSA) is 144 Å². The summed E-state index contributed by atoms with van der Waals surface area (Å²) in [4.78, 5) is 47.6. The molecule has 0 saturated carbocycles. The van der Waals surface area contributed by atoms with E-state index in [4.69, 9.17) is 10.5 Å². The quantitative estimate of drug-likeness (QED) is 0.512. The molecule has 5 rings (SSSR count). The molecule has 3 amide bonds. The monoisotopic (exact) mass is 475 g/mol. The molecule has 0 unspecified atom stereocenters. The molecule has 1 aromatic carbocycles. The Balaban J connectivity index is 1.31. The van der Waals surface area contributed by atoms with Gasteiger partial charge in [0.2, 0.25) is 0 Å². The molecule has 11 heteroatoms. The third-order valence-corrected chi connectivity index (χ3v) is 6.19. The van der Waals surface area contributed by atoms with Crippen LogP contribution >= 0.6 is 0 Å². The van der Waals surface area contributed by atoms with Crippen molar-refractivity contribution in [1.82, 2.24) is 24.8 Å². The second-order valence-corrected chi connectivity index (χ2v) is 8.67. The highest BCUT2D eigenvalue weighted by molar-refractivity contribution is 6.04. The summed E-state index contributed by atoms with van der Waals surface area (Å²) in [5.74, 6) is -0.209. The SMILES string of the molecule is Cc1cc(N)nc(C)c1CNC(=O)c1cn2c(n1)C(=O)Nc1cc(CN3CCOC3=O)ccc1C2. The zero-order valence-corrected chi connectivity index (χ0v) is 19.4. The summed E-state index contributed by atoms with van der Waals surface area (Å²) in [5, 5.41) is 5.73. The van der Waals surface area contributed by atoms with Crippen LogP contribution in [0, 0.1) is 13.8 Å². The van der Waals surface area contributed by atoms with Gasteiger partial charge in [-0.05, 0) is 48.2 Å². The van der Waals surface area contributed by atoms with E-state index in [0.29, 0.717) is 37.7 Å². The number of aromatic nitrogens is 3. The van der Waals surface area contributed by atoms with Crippen molar-refractivity contribution in [2.24, 2.45) is 0 Å². The number of hydrogen-bond donors (Lipinski definition) is 3. The minimum atomic E-state index is -0.407. The lowest BCUT2D eigenvalue weighted by atomic mass is 10.1. The first kappa shape index (κ1) is 22.4. The largest absolute Gasteiger partial charge is 0.448 e. The molecule has 4 heterocycles. The van der Waals surface area contributed by atoms with Crippen LogP contribution in [0.25, 0.3) is 0 Å². The van der Waals surface area contributed by atoms with E-state index in [1.165, 1.54) is 0 Å². The fraction of sp³-hybridized carbons (Fsp3) is 0.292. The highest BCUT2D eigenvalue weighted by Crippen LogP contribution is 2.25. The van der Waals surface area contributed by atoms with Gasteiger partial charge >= 0.3 is 6.09 Å². The number of imidazole rings is 1. The van der Waals surface area contributed by atoms with Gasteiger partial charge in [-0.25, -0.2) is 14.8 Å². The molecule has 0 spiro atoms. The second kappa shape index (κ2) is 8.75. The lowest BCUT2D eigenvalue weighted by molar-refractivity contribution is 0.0946. The number of aryl methyl sites for hydroxylation is 2. The zero-order chi connectivity index (χ0) is 24.7. The Kier molecular flexibility index (Phi) is 5.59.